The number of hydrogen-bond donors (Lipinski definition) is 2. The monoisotopic (exact) mass is 370 g/mol. The maximum Gasteiger partial charge on any atom is 0.274 e. The zero-order valence-electron chi connectivity index (χ0n) is 16.1. The molecule has 3 aliphatic rings. The minimum absolute atomic E-state index is 0.197. The van der Waals surface area contributed by atoms with Gasteiger partial charge in [0.05, 0.1) is 0 Å². The van der Waals surface area contributed by atoms with Gasteiger partial charge >= 0.3 is 0 Å². The number of benzene rings is 1. The van der Waals surface area contributed by atoms with Gasteiger partial charge in [-0.2, -0.15) is 0 Å². The largest absolute Gasteiger partial charge is 0.338 e. The normalized spacial score (nSPS) is 30.2. The molecule has 4 rings (SSSR count). The van der Waals surface area contributed by atoms with Gasteiger partial charge in [0.1, 0.15) is 0 Å². The Kier molecular flexibility index (Phi) is 5.22. The predicted molar refractivity (Wildman–Crippen MR) is 102 cm³/mol. The smallest absolute Gasteiger partial charge is 0.274 e. The van der Waals surface area contributed by atoms with Gasteiger partial charge < -0.3 is 4.90 Å². The van der Waals surface area contributed by atoms with Crippen molar-refractivity contribution in [3.63, 3.8) is 0 Å². The summed E-state index contributed by atoms with van der Waals surface area (Å²) in [6, 6.07) is 5.51. The summed E-state index contributed by atoms with van der Waals surface area (Å²) in [5, 5.41) is 8.84. The minimum atomic E-state index is -0.488. The van der Waals surface area contributed by atoms with E-state index in [-0.39, 0.29) is 5.92 Å². The van der Waals surface area contributed by atoms with Crippen molar-refractivity contribution >= 4 is 11.8 Å². The van der Waals surface area contributed by atoms with Crippen LogP contribution in [0.4, 0.5) is 0 Å². The quantitative estimate of drug-likeness (QED) is 0.618. The first-order valence-corrected chi connectivity index (χ1v) is 10.4. The average molecular weight is 370 g/mol. The summed E-state index contributed by atoms with van der Waals surface area (Å²) < 4.78 is 0. The molecule has 2 fully saturated rings. The molecule has 2 bridgehead atoms. The van der Waals surface area contributed by atoms with E-state index in [0.717, 1.165) is 61.1 Å². The van der Waals surface area contributed by atoms with Crippen LogP contribution in [0, 0.1) is 23.7 Å². The highest BCUT2D eigenvalue weighted by Crippen LogP contribution is 2.45. The van der Waals surface area contributed by atoms with Crippen LogP contribution in [0.25, 0.3) is 0 Å². The Balaban J connectivity index is 1.47. The number of fused-ring (bicyclic) bond motifs is 3. The fourth-order valence-electron chi connectivity index (χ4n) is 5.80. The summed E-state index contributed by atoms with van der Waals surface area (Å²) in [4.78, 5) is 27.0. The van der Waals surface area contributed by atoms with E-state index in [4.69, 9.17) is 5.21 Å². The molecule has 2 unspecified atom stereocenters. The topological polar surface area (TPSA) is 69.6 Å². The summed E-state index contributed by atoms with van der Waals surface area (Å²) in [6.45, 7) is 3.78. The van der Waals surface area contributed by atoms with E-state index in [1.165, 1.54) is 19.3 Å². The van der Waals surface area contributed by atoms with Gasteiger partial charge in [-0.3, -0.25) is 14.8 Å². The molecule has 1 aromatic carbocycles. The van der Waals surface area contributed by atoms with Gasteiger partial charge in [-0.05, 0) is 86.0 Å². The molecule has 5 nitrogen and oxygen atoms in total. The standard InChI is InChI=1S/C22H30N2O3/c1-14-7-15-9-16(8-14)11-20(10-15)22(26)24-6-2-3-17-12-18(21(25)23-27)4-5-19(17)13-24/h4-5,12,14-16,20,27H,2-3,6-11,13H2,1H3,(H,23,25). The number of aryl methyl sites for hydroxylation is 1. The van der Waals surface area contributed by atoms with E-state index < -0.39 is 5.91 Å². The van der Waals surface area contributed by atoms with Crippen LogP contribution in [0.3, 0.4) is 0 Å². The average Bonchev–Trinajstić information content (AvgIpc) is 2.87. The summed E-state index contributed by atoms with van der Waals surface area (Å²) >= 11 is 0. The molecule has 2 atom stereocenters. The molecule has 2 N–H and O–H groups in total. The van der Waals surface area contributed by atoms with Crippen LogP contribution in [-0.2, 0) is 17.8 Å². The van der Waals surface area contributed by atoms with E-state index in [1.807, 2.05) is 17.0 Å². The number of hydroxylamine groups is 1. The van der Waals surface area contributed by atoms with E-state index >= 15 is 0 Å². The Hall–Kier alpha value is -1.88. The van der Waals surface area contributed by atoms with Crippen LogP contribution in [0.5, 0.6) is 0 Å². The molecule has 27 heavy (non-hydrogen) atoms. The third-order valence-corrected chi connectivity index (χ3v) is 6.84. The maximum absolute atomic E-state index is 13.3. The number of hydrogen-bond acceptors (Lipinski definition) is 3. The molecule has 1 heterocycles. The molecular weight excluding hydrogens is 340 g/mol. The number of carbonyl (C=O) groups is 2. The summed E-state index contributed by atoms with van der Waals surface area (Å²) in [7, 11) is 0. The van der Waals surface area contributed by atoms with Crippen molar-refractivity contribution in [3.05, 3.63) is 34.9 Å². The molecule has 2 amide bonds. The molecular formula is C22H30N2O3. The summed E-state index contributed by atoms with van der Waals surface area (Å²) in [5.74, 6) is 2.34. The second-order valence-corrected chi connectivity index (χ2v) is 9.00. The van der Waals surface area contributed by atoms with Crippen molar-refractivity contribution in [1.82, 2.24) is 10.4 Å². The molecule has 0 saturated heterocycles. The van der Waals surface area contributed by atoms with Gasteiger partial charge in [-0.25, -0.2) is 5.48 Å². The molecule has 0 aromatic heterocycles. The predicted octanol–water partition coefficient (Wildman–Crippen LogP) is 3.54. The Morgan fingerprint density at radius 1 is 1.07 bits per heavy atom. The second-order valence-electron chi connectivity index (χ2n) is 9.00. The van der Waals surface area contributed by atoms with Crippen molar-refractivity contribution in [2.24, 2.45) is 23.7 Å². The Bertz CT molecular complexity index is 714. The summed E-state index contributed by atoms with van der Waals surface area (Å²) in [6.07, 6.45) is 7.82. The fraction of sp³-hybridized carbons (Fsp3) is 0.636. The van der Waals surface area contributed by atoms with Gasteiger partial charge in [-0.15, -0.1) is 0 Å². The lowest BCUT2D eigenvalue weighted by Crippen LogP contribution is -2.41. The van der Waals surface area contributed by atoms with Gasteiger partial charge in [0.2, 0.25) is 5.91 Å². The zero-order valence-corrected chi connectivity index (χ0v) is 16.1. The number of carbonyl (C=O) groups excluding carboxylic acids is 2. The van der Waals surface area contributed by atoms with E-state index in [0.29, 0.717) is 18.0 Å². The lowest BCUT2D eigenvalue weighted by Gasteiger charge is -2.42. The van der Waals surface area contributed by atoms with Crippen LogP contribution >= 0.6 is 0 Å². The van der Waals surface area contributed by atoms with Crippen molar-refractivity contribution in [2.45, 2.75) is 58.4 Å². The minimum Gasteiger partial charge on any atom is -0.338 e. The van der Waals surface area contributed by atoms with Gasteiger partial charge in [0, 0.05) is 24.6 Å². The SMILES string of the molecule is CC1CC2CC(C1)CC(C(=O)N1CCCc3cc(C(=O)NO)ccc3C1)C2. The van der Waals surface area contributed by atoms with Crippen LogP contribution < -0.4 is 5.48 Å². The molecule has 1 aliphatic heterocycles. The number of rotatable bonds is 2. The second kappa shape index (κ2) is 7.63. The van der Waals surface area contributed by atoms with E-state index in [2.05, 4.69) is 6.92 Å². The molecule has 1 aromatic rings. The number of amides is 2. The zero-order chi connectivity index (χ0) is 19.0. The first-order valence-electron chi connectivity index (χ1n) is 10.4. The van der Waals surface area contributed by atoms with Crippen molar-refractivity contribution in [3.8, 4) is 0 Å². The molecule has 5 heteroatoms. The Morgan fingerprint density at radius 2 is 1.81 bits per heavy atom. The molecule has 0 radical (unpaired) electrons. The van der Waals surface area contributed by atoms with Crippen molar-refractivity contribution < 1.29 is 14.8 Å². The lowest BCUT2D eigenvalue weighted by molar-refractivity contribution is -0.139. The Morgan fingerprint density at radius 3 is 2.52 bits per heavy atom. The van der Waals surface area contributed by atoms with Crippen molar-refractivity contribution in [2.75, 3.05) is 6.54 Å². The first kappa shape index (κ1) is 18.5. The first-order chi connectivity index (χ1) is 13.0. The highest BCUT2D eigenvalue weighted by atomic mass is 16.5. The van der Waals surface area contributed by atoms with E-state index in [1.54, 1.807) is 11.5 Å². The highest BCUT2D eigenvalue weighted by molar-refractivity contribution is 5.93. The summed E-state index contributed by atoms with van der Waals surface area (Å²) in [5.41, 5.74) is 4.39. The Labute approximate surface area is 161 Å². The molecule has 146 valence electrons. The molecule has 0 spiro atoms. The fourth-order valence-corrected chi connectivity index (χ4v) is 5.80. The van der Waals surface area contributed by atoms with Crippen LogP contribution in [0.1, 0.15) is 66.9 Å². The maximum atomic E-state index is 13.3. The van der Waals surface area contributed by atoms with Crippen LogP contribution in [-0.4, -0.2) is 28.5 Å². The lowest BCUT2D eigenvalue weighted by atomic mass is 9.65. The third kappa shape index (κ3) is 3.88. The number of nitrogens with one attached hydrogen (secondary N) is 1. The molecule has 2 aliphatic carbocycles. The third-order valence-electron chi connectivity index (χ3n) is 6.84. The van der Waals surface area contributed by atoms with Crippen LogP contribution in [0.2, 0.25) is 0 Å². The van der Waals surface area contributed by atoms with Gasteiger partial charge in [0.25, 0.3) is 5.91 Å². The van der Waals surface area contributed by atoms with E-state index in [9.17, 15) is 9.59 Å². The highest BCUT2D eigenvalue weighted by Gasteiger charge is 2.38. The van der Waals surface area contributed by atoms with Gasteiger partial charge in [0.15, 0.2) is 0 Å². The van der Waals surface area contributed by atoms with Gasteiger partial charge in [-0.1, -0.05) is 13.0 Å². The molecule has 2 saturated carbocycles. The van der Waals surface area contributed by atoms with Crippen LogP contribution in [0.15, 0.2) is 18.2 Å². The number of nitrogens with zero attached hydrogens (tertiary/aromatic N) is 1. The van der Waals surface area contributed by atoms with Crippen molar-refractivity contribution in [1.29, 1.82) is 0 Å².